The maximum absolute atomic E-state index is 12.1. The van der Waals surface area contributed by atoms with Gasteiger partial charge in [-0.25, -0.2) is 0 Å². The Balaban J connectivity index is 2.10. The molecule has 6 nitrogen and oxygen atoms in total. The largest absolute Gasteiger partial charge is 0.497 e. The number of nitrogens with one attached hydrogen (secondary N) is 1. The van der Waals surface area contributed by atoms with E-state index in [1.54, 1.807) is 23.9 Å². The zero-order chi connectivity index (χ0) is 15.7. The van der Waals surface area contributed by atoms with Crippen LogP contribution in [0.1, 0.15) is 15.9 Å². The molecular weight excluding hydrogens is 282 g/mol. The molecule has 0 atom stereocenters. The molecule has 2 aromatic carbocycles. The van der Waals surface area contributed by atoms with Crippen LogP contribution in [0.25, 0.3) is 10.9 Å². The molecule has 0 saturated carbocycles. The van der Waals surface area contributed by atoms with Gasteiger partial charge < -0.3 is 10.5 Å². The molecule has 0 unspecified atom stereocenters. The highest BCUT2D eigenvalue weighted by Gasteiger charge is 2.14. The summed E-state index contributed by atoms with van der Waals surface area (Å²) < 4.78 is 6.86. The van der Waals surface area contributed by atoms with E-state index in [0.29, 0.717) is 12.1 Å². The minimum atomic E-state index is -0.671. The summed E-state index contributed by atoms with van der Waals surface area (Å²) in [5, 5.41) is 2.99. The van der Waals surface area contributed by atoms with Crippen LogP contribution in [0, 0.1) is 6.07 Å². The Labute approximate surface area is 126 Å². The molecule has 3 rings (SSSR count). The molecule has 0 spiro atoms. The van der Waals surface area contributed by atoms with Crippen molar-refractivity contribution in [2.45, 2.75) is 6.54 Å². The van der Waals surface area contributed by atoms with Crippen LogP contribution in [-0.2, 0) is 6.54 Å². The second-order valence-electron chi connectivity index (χ2n) is 4.86. The van der Waals surface area contributed by atoms with E-state index in [1.807, 2.05) is 24.3 Å². The van der Waals surface area contributed by atoms with Gasteiger partial charge in [0.15, 0.2) is 0 Å². The number of methoxy groups -OCH3 is 1. The Morgan fingerprint density at radius 1 is 1.41 bits per heavy atom. The van der Waals surface area contributed by atoms with Crippen molar-refractivity contribution in [2.75, 3.05) is 7.11 Å². The van der Waals surface area contributed by atoms with Gasteiger partial charge in [-0.2, -0.15) is 0 Å². The van der Waals surface area contributed by atoms with E-state index >= 15 is 0 Å². The topological polar surface area (TPSA) is 90.1 Å². The molecule has 0 fully saturated rings. The zero-order valence-corrected chi connectivity index (χ0v) is 11.9. The van der Waals surface area contributed by atoms with Gasteiger partial charge in [0, 0.05) is 0 Å². The van der Waals surface area contributed by atoms with Gasteiger partial charge in [-0.1, -0.05) is 18.2 Å². The van der Waals surface area contributed by atoms with Crippen LogP contribution in [0.15, 0.2) is 41.2 Å². The van der Waals surface area contributed by atoms with E-state index < -0.39 is 5.91 Å². The number of H-pyrrole nitrogens is 1. The minimum Gasteiger partial charge on any atom is -0.497 e. The van der Waals surface area contributed by atoms with E-state index in [-0.39, 0.29) is 16.5 Å². The van der Waals surface area contributed by atoms with E-state index in [1.165, 1.54) is 0 Å². The number of hydrogen-bond acceptors (Lipinski definition) is 3. The number of carbonyl (C=O) groups is 1. The van der Waals surface area contributed by atoms with Crippen molar-refractivity contribution in [1.29, 1.82) is 0 Å². The Morgan fingerprint density at radius 3 is 2.95 bits per heavy atom. The van der Waals surface area contributed by atoms with Gasteiger partial charge in [0.25, 0.3) is 5.56 Å². The number of fused-ring (bicyclic) bond motifs is 1. The van der Waals surface area contributed by atoms with Crippen molar-refractivity contribution in [3.05, 3.63) is 63.9 Å². The maximum Gasteiger partial charge on any atom is 0.272 e. The van der Waals surface area contributed by atoms with Gasteiger partial charge in [-0.05, 0) is 29.8 Å². The van der Waals surface area contributed by atoms with Crippen LogP contribution in [0.5, 0.6) is 5.75 Å². The molecule has 0 aliphatic heterocycles. The summed E-state index contributed by atoms with van der Waals surface area (Å²) in [5.74, 6) is 0.0673. The van der Waals surface area contributed by atoms with Gasteiger partial charge in [-0.3, -0.25) is 19.4 Å². The smallest absolute Gasteiger partial charge is 0.272 e. The highest BCUT2D eigenvalue weighted by molar-refractivity contribution is 6.05. The molecule has 0 saturated heterocycles. The summed E-state index contributed by atoms with van der Waals surface area (Å²) in [7, 11) is 1.60. The second kappa shape index (κ2) is 5.40. The third kappa shape index (κ3) is 2.35. The number of benzene rings is 2. The minimum absolute atomic E-state index is 0.100. The first-order chi connectivity index (χ1) is 10.6. The van der Waals surface area contributed by atoms with Crippen LogP contribution in [0.3, 0.4) is 0 Å². The highest BCUT2D eigenvalue weighted by Crippen LogP contribution is 2.17. The number of aromatic nitrogens is 2. The number of aromatic amines is 1. The molecule has 3 aromatic rings. The average molecular weight is 296 g/mol. The van der Waals surface area contributed by atoms with Crippen LogP contribution < -0.4 is 16.0 Å². The molecule has 1 aromatic heterocycles. The molecule has 1 radical (unpaired) electrons. The molecule has 22 heavy (non-hydrogen) atoms. The first-order valence-electron chi connectivity index (χ1n) is 6.66. The van der Waals surface area contributed by atoms with Crippen molar-refractivity contribution >= 4 is 16.8 Å². The fraction of sp³-hybridized carbons (Fsp3) is 0.125. The predicted octanol–water partition coefficient (Wildman–Crippen LogP) is 1.29. The summed E-state index contributed by atoms with van der Waals surface area (Å²) in [4.78, 5) is 23.5. The third-order valence-corrected chi connectivity index (χ3v) is 3.45. The average Bonchev–Trinajstić information content (AvgIpc) is 2.84. The van der Waals surface area contributed by atoms with Gasteiger partial charge >= 0.3 is 0 Å². The number of ether oxygens (including phenoxy) is 1. The first kappa shape index (κ1) is 13.9. The summed E-state index contributed by atoms with van der Waals surface area (Å²) in [6.07, 6.45) is 0. The Bertz CT molecular complexity index is 908. The van der Waals surface area contributed by atoms with Crippen molar-refractivity contribution in [3.8, 4) is 5.75 Å². The summed E-state index contributed by atoms with van der Waals surface area (Å²) in [5.41, 5.74) is 6.61. The van der Waals surface area contributed by atoms with Crippen LogP contribution >= 0.6 is 0 Å². The lowest BCUT2D eigenvalue weighted by Gasteiger charge is -2.07. The molecule has 6 heteroatoms. The fourth-order valence-corrected chi connectivity index (χ4v) is 2.45. The zero-order valence-electron chi connectivity index (χ0n) is 11.9. The number of rotatable bonds is 4. The predicted molar refractivity (Wildman–Crippen MR) is 82.0 cm³/mol. The van der Waals surface area contributed by atoms with Gasteiger partial charge in [-0.15, -0.1) is 0 Å². The molecule has 3 N–H and O–H groups in total. The molecule has 1 amide bonds. The second-order valence-corrected chi connectivity index (χ2v) is 4.86. The third-order valence-electron chi connectivity index (χ3n) is 3.45. The van der Waals surface area contributed by atoms with Gasteiger partial charge in [0.2, 0.25) is 5.91 Å². The lowest BCUT2D eigenvalue weighted by molar-refractivity contribution is 0.100. The lowest BCUT2D eigenvalue weighted by Crippen LogP contribution is -2.14. The normalized spacial score (nSPS) is 10.8. The first-order valence-corrected chi connectivity index (χ1v) is 6.66. The number of carbonyl (C=O) groups excluding carboxylic acids is 1. The van der Waals surface area contributed by atoms with Crippen LogP contribution in [0.4, 0.5) is 0 Å². The number of hydrogen-bond donors (Lipinski definition) is 2. The van der Waals surface area contributed by atoms with E-state index in [0.717, 1.165) is 11.3 Å². The monoisotopic (exact) mass is 296 g/mol. The maximum atomic E-state index is 12.1. The molecular formula is C16H14N3O3. The Kier molecular flexibility index (Phi) is 3.42. The van der Waals surface area contributed by atoms with Crippen LogP contribution in [0.2, 0.25) is 0 Å². The van der Waals surface area contributed by atoms with Gasteiger partial charge in [0.05, 0.1) is 30.1 Å². The Morgan fingerprint density at radius 2 is 2.23 bits per heavy atom. The molecule has 1 heterocycles. The standard InChI is InChI=1S/C16H14N3O3/c1-22-11-5-2-4-10(8-11)9-19-13-7-3-6-12(15(17)20)14(13)16(21)18-19/h2-5,7-8H,9H2,1H3,(H2,17,20)(H,18,21). The Hall–Kier alpha value is -3.02. The number of nitrogens with zero attached hydrogens (tertiary/aromatic N) is 1. The van der Waals surface area contributed by atoms with Crippen LogP contribution in [-0.4, -0.2) is 22.8 Å². The van der Waals surface area contributed by atoms with Gasteiger partial charge in [0.1, 0.15) is 5.75 Å². The van der Waals surface area contributed by atoms with Crippen molar-refractivity contribution in [1.82, 2.24) is 9.78 Å². The molecule has 0 bridgehead atoms. The lowest BCUT2D eigenvalue weighted by atomic mass is 10.1. The quantitative estimate of drug-likeness (QED) is 0.760. The SMILES string of the molecule is COc1cccc(Cn2[nH]c(=O)c3c(C(N)=O)[c]ccc32)c1. The molecule has 0 aliphatic carbocycles. The fourth-order valence-electron chi connectivity index (χ4n) is 2.45. The summed E-state index contributed by atoms with van der Waals surface area (Å²) in [6, 6.07) is 13.6. The van der Waals surface area contributed by atoms with Crippen molar-refractivity contribution in [2.24, 2.45) is 5.73 Å². The number of nitrogens with two attached hydrogens (primary N) is 1. The van der Waals surface area contributed by atoms with E-state index in [2.05, 4.69) is 11.2 Å². The summed E-state index contributed by atoms with van der Waals surface area (Å²) in [6.45, 7) is 0.443. The summed E-state index contributed by atoms with van der Waals surface area (Å²) >= 11 is 0. The van der Waals surface area contributed by atoms with E-state index in [9.17, 15) is 9.59 Å². The van der Waals surface area contributed by atoms with Crippen molar-refractivity contribution < 1.29 is 9.53 Å². The number of amides is 1. The highest BCUT2D eigenvalue weighted by atomic mass is 16.5. The van der Waals surface area contributed by atoms with E-state index in [4.69, 9.17) is 10.5 Å². The molecule has 0 aliphatic rings. The van der Waals surface area contributed by atoms with Crippen molar-refractivity contribution in [3.63, 3.8) is 0 Å². The molecule has 111 valence electrons. The number of primary amides is 1.